The summed E-state index contributed by atoms with van der Waals surface area (Å²) in [5.41, 5.74) is 2.17. The highest BCUT2D eigenvalue weighted by Crippen LogP contribution is 2.30. The summed E-state index contributed by atoms with van der Waals surface area (Å²) in [4.78, 5) is 1.97. The van der Waals surface area contributed by atoms with Gasteiger partial charge in [0.15, 0.2) is 0 Å². The van der Waals surface area contributed by atoms with Crippen molar-refractivity contribution in [2.75, 3.05) is 32.3 Å². The van der Waals surface area contributed by atoms with E-state index >= 15 is 0 Å². The minimum atomic E-state index is -0.101. The van der Waals surface area contributed by atoms with Gasteiger partial charge in [-0.2, -0.15) is 0 Å². The maximum atomic E-state index is 9.39. The average molecular weight is 253 g/mol. The van der Waals surface area contributed by atoms with Crippen LogP contribution in [0.5, 0.6) is 5.75 Å². The maximum Gasteiger partial charge on any atom is 0.142 e. The van der Waals surface area contributed by atoms with E-state index in [1.54, 1.807) is 7.11 Å². The van der Waals surface area contributed by atoms with Crippen LogP contribution in [-0.2, 0) is 6.42 Å². The molecular formula is C14H23NO3. The van der Waals surface area contributed by atoms with Crippen molar-refractivity contribution >= 4 is 5.69 Å². The summed E-state index contributed by atoms with van der Waals surface area (Å²) in [6.07, 6.45) is 1.49. The van der Waals surface area contributed by atoms with Gasteiger partial charge in [0.05, 0.1) is 25.4 Å². The van der Waals surface area contributed by atoms with Crippen molar-refractivity contribution in [3.8, 4) is 5.75 Å². The van der Waals surface area contributed by atoms with E-state index in [-0.39, 0.29) is 19.3 Å². The molecule has 0 spiro atoms. The normalized spacial score (nSPS) is 12.3. The predicted molar refractivity (Wildman–Crippen MR) is 73.4 cm³/mol. The summed E-state index contributed by atoms with van der Waals surface area (Å²) in [6, 6.07) is 5.95. The summed E-state index contributed by atoms with van der Waals surface area (Å²) >= 11 is 0. The molecule has 0 bridgehead atoms. The van der Waals surface area contributed by atoms with Crippen LogP contribution in [0.2, 0.25) is 0 Å². The molecule has 1 rings (SSSR count). The first-order valence-electron chi connectivity index (χ1n) is 6.29. The molecule has 102 valence electrons. The van der Waals surface area contributed by atoms with Crippen LogP contribution in [0.25, 0.3) is 0 Å². The molecular weight excluding hydrogens is 230 g/mol. The molecule has 0 saturated heterocycles. The SMILES string of the molecule is CCc1ccc(OC)c(N(C)C(CO)CCO)c1. The van der Waals surface area contributed by atoms with E-state index in [1.165, 1.54) is 5.56 Å². The topological polar surface area (TPSA) is 52.9 Å². The molecule has 0 saturated carbocycles. The van der Waals surface area contributed by atoms with Gasteiger partial charge in [0.1, 0.15) is 5.75 Å². The lowest BCUT2D eigenvalue weighted by atomic mass is 10.1. The zero-order valence-electron chi connectivity index (χ0n) is 11.4. The Hall–Kier alpha value is -1.26. The molecule has 1 aromatic rings. The van der Waals surface area contributed by atoms with Crippen molar-refractivity contribution < 1.29 is 14.9 Å². The largest absolute Gasteiger partial charge is 0.495 e. The fourth-order valence-electron chi connectivity index (χ4n) is 1.98. The first-order valence-corrected chi connectivity index (χ1v) is 6.29. The molecule has 0 heterocycles. The lowest BCUT2D eigenvalue weighted by Gasteiger charge is -2.29. The van der Waals surface area contributed by atoms with Crippen molar-refractivity contribution in [1.29, 1.82) is 0 Å². The Kier molecular flexibility index (Phi) is 5.95. The number of anilines is 1. The number of aliphatic hydroxyl groups is 2. The number of hydrogen-bond donors (Lipinski definition) is 2. The molecule has 2 N–H and O–H groups in total. The predicted octanol–water partition coefficient (Wildman–Crippen LogP) is 1.44. The van der Waals surface area contributed by atoms with Crippen molar-refractivity contribution in [2.45, 2.75) is 25.8 Å². The smallest absolute Gasteiger partial charge is 0.142 e. The standard InChI is InChI=1S/C14H23NO3/c1-4-11-5-6-14(18-3)13(9-11)15(2)12(10-17)7-8-16/h5-6,9,12,16-17H,4,7-8,10H2,1-3H3. The van der Waals surface area contributed by atoms with E-state index in [1.807, 2.05) is 24.1 Å². The minimum absolute atomic E-state index is 0.0105. The number of nitrogens with zero attached hydrogens (tertiary/aromatic N) is 1. The van der Waals surface area contributed by atoms with Crippen LogP contribution in [0.4, 0.5) is 5.69 Å². The van der Waals surface area contributed by atoms with Crippen LogP contribution in [-0.4, -0.2) is 43.6 Å². The summed E-state index contributed by atoms with van der Waals surface area (Å²) in [6.45, 7) is 2.17. The van der Waals surface area contributed by atoms with Gasteiger partial charge in [0.25, 0.3) is 0 Å². The second kappa shape index (κ2) is 7.24. The Morgan fingerprint density at radius 2 is 2.06 bits per heavy atom. The second-order valence-corrected chi connectivity index (χ2v) is 4.32. The molecule has 18 heavy (non-hydrogen) atoms. The Balaban J connectivity index is 3.04. The van der Waals surface area contributed by atoms with Gasteiger partial charge in [0, 0.05) is 13.7 Å². The second-order valence-electron chi connectivity index (χ2n) is 4.32. The van der Waals surface area contributed by atoms with Crippen LogP contribution < -0.4 is 9.64 Å². The number of methoxy groups -OCH3 is 1. The van der Waals surface area contributed by atoms with Gasteiger partial charge < -0.3 is 19.8 Å². The van der Waals surface area contributed by atoms with Gasteiger partial charge in [0.2, 0.25) is 0 Å². The van der Waals surface area contributed by atoms with E-state index in [4.69, 9.17) is 9.84 Å². The van der Waals surface area contributed by atoms with Gasteiger partial charge in [-0.1, -0.05) is 13.0 Å². The summed E-state index contributed by atoms with van der Waals surface area (Å²) in [5.74, 6) is 0.783. The highest BCUT2D eigenvalue weighted by molar-refractivity contribution is 5.60. The molecule has 1 aromatic carbocycles. The molecule has 0 aliphatic rings. The number of aryl methyl sites for hydroxylation is 1. The molecule has 0 amide bonds. The van der Waals surface area contributed by atoms with Gasteiger partial charge in [-0.05, 0) is 30.5 Å². The molecule has 4 nitrogen and oxygen atoms in total. The average Bonchev–Trinajstić information content (AvgIpc) is 2.43. The molecule has 0 radical (unpaired) electrons. The number of likely N-dealkylation sites (N-methyl/N-ethyl adjacent to an activating group) is 1. The molecule has 0 aliphatic carbocycles. The quantitative estimate of drug-likeness (QED) is 0.772. The first-order chi connectivity index (χ1) is 8.67. The van der Waals surface area contributed by atoms with Crippen LogP contribution in [0, 0.1) is 0 Å². The van der Waals surface area contributed by atoms with Crippen molar-refractivity contribution in [3.05, 3.63) is 23.8 Å². The maximum absolute atomic E-state index is 9.39. The van der Waals surface area contributed by atoms with Gasteiger partial charge >= 0.3 is 0 Å². The summed E-state index contributed by atoms with van der Waals surface area (Å²) in [5, 5.41) is 18.4. The Bertz CT molecular complexity index is 368. The fourth-order valence-corrected chi connectivity index (χ4v) is 1.98. The third-order valence-electron chi connectivity index (χ3n) is 3.25. The summed E-state index contributed by atoms with van der Waals surface area (Å²) < 4.78 is 5.35. The lowest BCUT2D eigenvalue weighted by molar-refractivity contribution is 0.217. The highest BCUT2D eigenvalue weighted by atomic mass is 16.5. The van der Waals surface area contributed by atoms with Crippen LogP contribution >= 0.6 is 0 Å². The third kappa shape index (κ3) is 3.37. The van der Waals surface area contributed by atoms with Gasteiger partial charge in [-0.3, -0.25) is 0 Å². The Morgan fingerprint density at radius 3 is 2.56 bits per heavy atom. The van der Waals surface area contributed by atoms with E-state index < -0.39 is 0 Å². The number of rotatable bonds is 7. The van der Waals surface area contributed by atoms with E-state index in [9.17, 15) is 5.11 Å². The van der Waals surface area contributed by atoms with Crippen molar-refractivity contribution in [3.63, 3.8) is 0 Å². The molecule has 1 atom stereocenters. The van der Waals surface area contributed by atoms with Gasteiger partial charge in [-0.15, -0.1) is 0 Å². The number of benzene rings is 1. The Morgan fingerprint density at radius 1 is 1.33 bits per heavy atom. The molecule has 4 heteroatoms. The van der Waals surface area contributed by atoms with Crippen molar-refractivity contribution in [1.82, 2.24) is 0 Å². The molecule has 0 aliphatic heterocycles. The van der Waals surface area contributed by atoms with Crippen LogP contribution in [0.1, 0.15) is 18.9 Å². The first kappa shape index (κ1) is 14.8. The highest BCUT2D eigenvalue weighted by Gasteiger charge is 2.17. The van der Waals surface area contributed by atoms with Crippen LogP contribution in [0.3, 0.4) is 0 Å². The molecule has 0 aromatic heterocycles. The monoisotopic (exact) mass is 253 g/mol. The van der Waals surface area contributed by atoms with Crippen LogP contribution in [0.15, 0.2) is 18.2 Å². The number of ether oxygens (including phenoxy) is 1. The fraction of sp³-hybridized carbons (Fsp3) is 0.571. The van der Waals surface area contributed by atoms with E-state index in [2.05, 4.69) is 13.0 Å². The molecule has 0 fully saturated rings. The minimum Gasteiger partial charge on any atom is -0.495 e. The van der Waals surface area contributed by atoms with Crippen molar-refractivity contribution in [2.24, 2.45) is 0 Å². The lowest BCUT2D eigenvalue weighted by Crippen LogP contribution is -2.35. The Labute approximate surface area is 109 Å². The molecule has 1 unspecified atom stereocenters. The summed E-state index contributed by atoms with van der Waals surface area (Å²) in [7, 11) is 3.55. The zero-order chi connectivity index (χ0) is 13.5. The van der Waals surface area contributed by atoms with E-state index in [0.29, 0.717) is 6.42 Å². The number of aliphatic hydroxyl groups excluding tert-OH is 2. The third-order valence-corrected chi connectivity index (χ3v) is 3.25. The number of hydrogen-bond acceptors (Lipinski definition) is 4. The van der Waals surface area contributed by atoms with E-state index in [0.717, 1.165) is 17.9 Å². The zero-order valence-corrected chi connectivity index (χ0v) is 11.4. The van der Waals surface area contributed by atoms with Gasteiger partial charge in [-0.25, -0.2) is 0 Å².